The first-order chi connectivity index (χ1) is 14.9. The lowest BCUT2D eigenvalue weighted by Crippen LogP contribution is -2.54. The van der Waals surface area contributed by atoms with E-state index in [1.54, 1.807) is 13.8 Å². The summed E-state index contributed by atoms with van der Waals surface area (Å²) in [5.41, 5.74) is 1.66. The molecule has 0 saturated carbocycles. The van der Waals surface area contributed by atoms with Crippen molar-refractivity contribution in [2.75, 3.05) is 0 Å². The van der Waals surface area contributed by atoms with Crippen molar-refractivity contribution in [1.82, 2.24) is 10.2 Å². The molecule has 1 aliphatic heterocycles. The topological polar surface area (TPSA) is 92.8 Å². The van der Waals surface area contributed by atoms with Crippen LogP contribution in [0.1, 0.15) is 31.4 Å². The second-order valence-electron chi connectivity index (χ2n) is 7.88. The first-order valence-corrected chi connectivity index (χ1v) is 10.3. The summed E-state index contributed by atoms with van der Waals surface area (Å²) in [4.78, 5) is 51.5. The zero-order chi connectivity index (χ0) is 22.4. The Balaban J connectivity index is 1.70. The number of hydrogen-bond donors (Lipinski definition) is 1. The van der Waals surface area contributed by atoms with E-state index >= 15 is 0 Å². The van der Waals surface area contributed by atoms with E-state index in [0.29, 0.717) is 0 Å². The fourth-order valence-corrected chi connectivity index (χ4v) is 3.54. The van der Waals surface area contributed by atoms with Crippen LogP contribution in [-0.2, 0) is 32.1 Å². The molecule has 2 aromatic rings. The van der Waals surface area contributed by atoms with Gasteiger partial charge in [0, 0.05) is 6.42 Å². The van der Waals surface area contributed by atoms with Crippen LogP contribution in [0.2, 0.25) is 0 Å². The van der Waals surface area contributed by atoms with Crippen molar-refractivity contribution in [2.45, 2.75) is 45.4 Å². The van der Waals surface area contributed by atoms with Gasteiger partial charge in [0.05, 0.1) is 6.42 Å². The minimum atomic E-state index is -0.989. The Morgan fingerprint density at radius 1 is 1.00 bits per heavy atom. The van der Waals surface area contributed by atoms with Crippen molar-refractivity contribution in [3.05, 3.63) is 71.8 Å². The molecule has 2 atom stereocenters. The predicted molar refractivity (Wildman–Crippen MR) is 114 cm³/mol. The normalized spacial score (nSPS) is 17.0. The van der Waals surface area contributed by atoms with Crippen molar-refractivity contribution in [3.63, 3.8) is 0 Å². The van der Waals surface area contributed by atoms with Gasteiger partial charge in [0.2, 0.25) is 5.91 Å². The first kappa shape index (κ1) is 22.2. The summed E-state index contributed by atoms with van der Waals surface area (Å²) in [7, 11) is 0. The molecular weight excluding hydrogens is 396 g/mol. The quantitative estimate of drug-likeness (QED) is 0.693. The largest absolute Gasteiger partial charge is 0.445 e. The van der Waals surface area contributed by atoms with Crippen LogP contribution in [0, 0.1) is 5.92 Å². The second-order valence-corrected chi connectivity index (χ2v) is 7.88. The Morgan fingerprint density at radius 2 is 1.58 bits per heavy atom. The van der Waals surface area contributed by atoms with Gasteiger partial charge in [-0.3, -0.25) is 19.3 Å². The Kier molecular flexibility index (Phi) is 7.18. The van der Waals surface area contributed by atoms with E-state index in [1.807, 2.05) is 60.7 Å². The lowest BCUT2D eigenvalue weighted by Gasteiger charge is -2.29. The van der Waals surface area contributed by atoms with E-state index in [1.165, 1.54) is 0 Å². The Hall–Kier alpha value is -3.48. The van der Waals surface area contributed by atoms with Crippen molar-refractivity contribution in [1.29, 1.82) is 0 Å². The molecule has 3 amide bonds. The molecule has 1 saturated heterocycles. The Bertz CT molecular complexity index is 943. The molecule has 7 nitrogen and oxygen atoms in total. The number of benzene rings is 2. The lowest BCUT2D eigenvalue weighted by atomic mass is 10.00. The second kappa shape index (κ2) is 10.0. The zero-order valence-electron chi connectivity index (χ0n) is 17.6. The van der Waals surface area contributed by atoms with Crippen LogP contribution in [0.15, 0.2) is 60.7 Å². The molecule has 1 heterocycles. The molecule has 0 radical (unpaired) electrons. The maximum Gasteiger partial charge on any atom is 0.408 e. The average Bonchev–Trinajstić information content (AvgIpc) is 3.04. The Morgan fingerprint density at radius 3 is 2.16 bits per heavy atom. The summed E-state index contributed by atoms with van der Waals surface area (Å²) in [6.07, 6.45) is -0.819. The van der Waals surface area contributed by atoms with Gasteiger partial charge in [-0.1, -0.05) is 74.5 Å². The molecule has 1 N–H and O–H groups in total. The number of carbonyl (C=O) groups excluding carboxylic acids is 4. The number of imide groups is 1. The Labute approximate surface area is 181 Å². The van der Waals surface area contributed by atoms with Gasteiger partial charge in [-0.15, -0.1) is 0 Å². The van der Waals surface area contributed by atoms with Crippen molar-refractivity contribution in [3.8, 4) is 0 Å². The number of alkyl carbamates (subject to hydrolysis) is 1. The monoisotopic (exact) mass is 422 g/mol. The van der Waals surface area contributed by atoms with E-state index in [-0.39, 0.29) is 31.1 Å². The number of ether oxygens (including phenoxy) is 1. The molecule has 1 aliphatic rings. The average molecular weight is 422 g/mol. The minimum absolute atomic E-state index is 0.0590. The molecule has 3 rings (SSSR count). The number of nitrogens with one attached hydrogen (secondary N) is 1. The van der Waals surface area contributed by atoms with E-state index in [2.05, 4.69) is 5.32 Å². The number of nitrogens with zero attached hydrogens (tertiary/aromatic N) is 1. The molecule has 0 aliphatic carbocycles. The van der Waals surface area contributed by atoms with Gasteiger partial charge in [-0.25, -0.2) is 4.79 Å². The summed E-state index contributed by atoms with van der Waals surface area (Å²) >= 11 is 0. The van der Waals surface area contributed by atoms with Crippen LogP contribution in [0.5, 0.6) is 0 Å². The van der Waals surface area contributed by atoms with E-state index in [9.17, 15) is 19.2 Å². The highest BCUT2D eigenvalue weighted by Gasteiger charge is 2.45. The molecule has 7 heteroatoms. The van der Waals surface area contributed by atoms with E-state index < -0.39 is 30.0 Å². The van der Waals surface area contributed by atoms with Gasteiger partial charge >= 0.3 is 6.09 Å². The van der Waals surface area contributed by atoms with Gasteiger partial charge < -0.3 is 10.1 Å². The maximum atomic E-state index is 13.2. The van der Waals surface area contributed by atoms with Gasteiger partial charge in [0.15, 0.2) is 5.78 Å². The first-order valence-electron chi connectivity index (χ1n) is 10.3. The molecule has 162 valence electrons. The number of likely N-dealkylation sites (tertiary alicyclic amines) is 1. The van der Waals surface area contributed by atoms with Crippen LogP contribution in [0.3, 0.4) is 0 Å². The van der Waals surface area contributed by atoms with Gasteiger partial charge in [-0.05, 0) is 17.0 Å². The summed E-state index contributed by atoms with van der Waals surface area (Å²) in [5, 5.41) is 2.57. The van der Waals surface area contributed by atoms with Gasteiger partial charge in [-0.2, -0.15) is 0 Å². The molecule has 31 heavy (non-hydrogen) atoms. The van der Waals surface area contributed by atoms with Crippen LogP contribution in [0.25, 0.3) is 0 Å². The maximum absolute atomic E-state index is 13.2. The number of ketones is 1. The van der Waals surface area contributed by atoms with E-state index in [4.69, 9.17) is 4.74 Å². The number of Topliss-reactive ketones (excluding diaryl/α,β-unsaturated/α-hetero) is 1. The molecule has 1 fully saturated rings. The molecule has 0 unspecified atom stereocenters. The fourth-order valence-electron chi connectivity index (χ4n) is 3.54. The number of rotatable bonds is 7. The number of hydrogen-bond acceptors (Lipinski definition) is 5. The van der Waals surface area contributed by atoms with Crippen molar-refractivity contribution < 1.29 is 23.9 Å². The fraction of sp³-hybridized carbons (Fsp3) is 0.333. The number of amides is 3. The summed E-state index contributed by atoms with van der Waals surface area (Å²) in [6, 6.07) is 16.5. The van der Waals surface area contributed by atoms with Crippen molar-refractivity contribution in [2.24, 2.45) is 5.92 Å². The lowest BCUT2D eigenvalue weighted by molar-refractivity contribution is -0.146. The summed E-state index contributed by atoms with van der Waals surface area (Å²) in [6.45, 7) is 3.58. The SMILES string of the molecule is CC(C)[C@H](NC(=O)OCc1ccccc1)C(=O)N1C(=O)CC(=O)[C@@H]1Cc1ccccc1. The molecular formula is C24H26N2O5. The number of carbonyl (C=O) groups is 4. The third-order valence-electron chi connectivity index (χ3n) is 5.21. The van der Waals surface area contributed by atoms with Gasteiger partial charge in [0.1, 0.15) is 18.7 Å². The smallest absolute Gasteiger partial charge is 0.408 e. The standard InChI is InChI=1S/C24H26N2O5/c1-16(2)22(25-24(30)31-15-18-11-7-4-8-12-18)23(29)26-19(20(27)14-21(26)28)13-17-9-5-3-6-10-17/h3-12,16,19,22H,13-15H2,1-2H3,(H,25,30)/t19-,22-/m0/s1. The van der Waals surface area contributed by atoms with Gasteiger partial charge in [0.25, 0.3) is 5.91 Å². The minimum Gasteiger partial charge on any atom is -0.445 e. The van der Waals surface area contributed by atoms with Crippen molar-refractivity contribution >= 4 is 23.7 Å². The third-order valence-corrected chi connectivity index (χ3v) is 5.21. The molecule has 0 aromatic heterocycles. The van der Waals surface area contributed by atoms with Crippen LogP contribution in [-0.4, -0.2) is 40.7 Å². The molecule has 0 spiro atoms. The third kappa shape index (κ3) is 5.57. The zero-order valence-corrected chi connectivity index (χ0v) is 17.6. The highest BCUT2D eigenvalue weighted by atomic mass is 16.5. The molecule has 2 aromatic carbocycles. The highest BCUT2D eigenvalue weighted by Crippen LogP contribution is 2.22. The summed E-state index contributed by atoms with van der Waals surface area (Å²) in [5.74, 6) is -1.74. The highest BCUT2D eigenvalue weighted by molar-refractivity contribution is 6.15. The van der Waals surface area contributed by atoms with Crippen LogP contribution in [0.4, 0.5) is 4.79 Å². The van der Waals surface area contributed by atoms with Crippen LogP contribution < -0.4 is 5.32 Å². The molecule has 0 bridgehead atoms. The van der Waals surface area contributed by atoms with Crippen LogP contribution >= 0.6 is 0 Å². The summed E-state index contributed by atoms with van der Waals surface area (Å²) < 4.78 is 5.22. The predicted octanol–water partition coefficient (Wildman–Crippen LogP) is 2.88. The van der Waals surface area contributed by atoms with E-state index in [0.717, 1.165) is 16.0 Å².